The molecule has 0 heterocycles. The highest BCUT2D eigenvalue weighted by Gasteiger charge is 2.31. The summed E-state index contributed by atoms with van der Waals surface area (Å²) in [5.74, 6) is -0.618. The van der Waals surface area contributed by atoms with E-state index in [0.717, 1.165) is 24.2 Å². The smallest absolute Gasteiger partial charge is 0.309 e. The van der Waals surface area contributed by atoms with Gasteiger partial charge in [0.2, 0.25) is 0 Å². The molecule has 0 unspecified atom stereocenters. The zero-order valence-corrected chi connectivity index (χ0v) is 13.6. The Morgan fingerprint density at radius 1 is 1.08 bits per heavy atom. The molecule has 24 heavy (non-hydrogen) atoms. The fraction of sp³-hybridized carbons (Fsp3) is 0.263. The van der Waals surface area contributed by atoms with Crippen LogP contribution in [0.4, 0.5) is 17.1 Å². The van der Waals surface area contributed by atoms with Crippen molar-refractivity contribution in [2.24, 2.45) is 5.92 Å². The number of ether oxygens (including phenoxy) is 1. The number of carbonyl (C=O) groups excluding carboxylic acids is 2. The summed E-state index contributed by atoms with van der Waals surface area (Å²) < 4.78 is 5.02. The lowest BCUT2D eigenvalue weighted by Gasteiger charge is -2.22. The molecule has 1 N–H and O–H groups in total. The Morgan fingerprint density at radius 2 is 1.75 bits per heavy atom. The summed E-state index contributed by atoms with van der Waals surface area (Å²) >= 11 is 0. The van der Waals surface area contributed by atoms with E-state index in [2.05, 4.69) is 5.32 Å². The number of para-hydroxylation sites is 3. The van der Waals surface area contributed by atoms with Crippen LogP contribution in [-0.2, 0) is 14.3 Å². The number of benzene rings is 2. The second-order valence-corrected chi connectivity index (χ2v) is 5.84. The molecule has 124 valence electrons. The Labute approximate surface area is 141 Å². The first-order chi connectivity index (χ1) is 11.6. The minimum atomic E-state index is -0.335. The maximum atomic E-state index is 12.1. The van der Waals surface area contributed by atoms with E-state index in [1.54, 1.807) is 0 Å². The third-order valence-electron chi connectivity index (χ3n) is 3.94. The molecule has 0 atom stereocenters. The van der Waals surface area contributed by atoms with Gasteiger partial charge in [0.15, 0.2) is 6.61 Å². The van der Waals surface area contributed by atoms with Crippen LogP contribution in [0.15, 0.2) is 54.6 Å². The van der Waals surface area contributed by atoms with E-state index in [9.17, 15) is 9.59 Å². The Kier molecular flexibility index (Phi) is 4.79. The third kappa shape index (κ3) is 3.93. The molecule has 5 nitrogen and oxygen atoms in total. The topological polar surface area (TPSA) is 58.6 Å². The molecule has 0 bridgehead atoms. The van der Waals surface area contributed by atoms with Gasteiger partial charge in [-0.25, -0.2) is 0 Å². The number of hydrogen-bond donors (Lipinski definition) is 1. The van der Waals surface area contributed by atoms with Crippen LogP contribution in [0.1, 0.15) is 12.8 Å². The SMILES string of the molecule is CN(c1ccccc1)c1ccccc1NC(=O)COC(=O)C1CC1. The van der Waals surface area contributed by atoms with Gasteiger partial charge in [-0.3, -0.25) is 9.59 Å². The fourth-order valence-electron chi connectivity index (χ4n) is 2.42. The number of anilines is 3. The van der Waals surface area contributed by atoms with Gasteiger partial charge in [0.25, 0.3) is 5.91 Å². The predicted octanol–water partition coefficient (Wildman–Crippen LogP) is 3.35. The highest BCUT2D eigenvalue weighted by Crippen LogP contribution is 2.31. The van der Waals surface area contributed by atoms with E-state index in [4.69, 9.17) is 4.74 Å². The summed E-state index contributed by atoms with van der Waals surface area (Å²) in [6.45, 7) is -0.251. The standard InChI is InChI=1S/C19H20N2O3/c1-21(15-7-3-2-4-8-15)17-10-6-5-9-16(17)20-18(22)13-24-19(23)14-11-12-14/h2-10,14H,11-13H2,1H3,(H,20,22). The third-order valence-corrected chi connectivity index (χ3v) is 3.94. The summed E-state index contributed by atoms with van der Waals surface area (Å²) in [4.78, 5) is 25.6. The van der Waals surface area contributed by atoms with Crippen molar-refractivity contribution in [3.63, 3.8) is 0 Å². The van der Waals surface area contributed by atoms with Crippen LogP contribution in [0.25, 0.3) is 0 Å². The minimum Gasteiger partial charge on any atom is -0.455 e. The number of nitrogens with zero attached hydrogens (tertiary/aromatic N) is 1. The molecule has 0 saturated heterocycles. The summed E-state index contributed by atoms with van der Waals surface area (Å²) in [6.07, 6.45) is 1.73. The van der Waals surface area contributed by atoms with Gasteiger partial charge in [-0.05, 0) is 37.1 Å². The Morgan fingerprint density at radius 3 is 2.46 bits per heavy atom. The summed E-state index contributed by atoms with van der Waals surface area (Å²) in [5.41, 5.74) is 2.56. The Bertz CT molecular complexity index is 726. The number of hydrogen-bond acceptors (Lipinski definition) is 4. The number of rotatable bonds is 6. The molecule has 1 aliphatic rings. The average Bonchev–Trinajstić information content (AvgIpc) is 3.45. The molecule has 0 aromatic heterocycles. The summed E-state index contributed by atoms with van der Waals surface area (Å²) in [5, 5.41) is 2.82. The van der Waals surface area contributed by atoms with Gasteiger partial charge < -0.3 is 15.0 Å². The van der Waals surface area contributed by atoms with Gasteiger partial charge in [0.05, 0.1) is 17.3 Å². The quantitative estimate of drug-likeness (QED) is 0.828. The molecular weight excluding hydrogens is 304 g/mol. The average molecular weight is 324 g/mol. The van der Waals surface area contributed by atoms with Crippen molar-refractivity contribution >= 4 is 28.9 Å². The molecule has 5 heteroatoms. The van der Waals surface area contributed by atoms with Gasteiger partial charge in [-0.1, -0.05) is 30.3 Å². The van der Waals surface area contributed by atoms with Gasteiger partial charge in [-0.2, -0.15) is 0 Å². The lowest BCUT2D eigenvalue weighted by molar-refractivity contribution is -0.148. The molecule has 2 aromatic rings. The largest absolute Gasteiger partial charge is 0.455 e. The molecule has 1 saturated carbocycles. The van der Waals surface area contributed by atoms with Gasteiger partial charge in [-0.15, -0.1) is 0 Å². The van der Waals surface area contributed by atoms with Crippen molar-refractivity contribution < 1.29 is 14.3 Å². The first-order valence-electron chi connectivity index (χ1n) is 7.99. The van der Waals surface area contributed by atoms with Crippen LogP contribution in [-0.4, -0.2) is 25.5 Å². The van der Waals surface area contributed by atoms with Crippen LogP contribution >= 0.6 is 0 Å². The van der Waals surface area contributed by atoms with Crippen molar-refractivity contribution in [2.75, 3.05) is 23.9 Å². The number of esters is 1. The lowest BCUT2D eigenvalue weighted by Crippen LogP contribution is -2.22. The van der Waals surface area contributed by atoms with Crippen LogP contribution in [0.5, 0.6) is 0 Å². The maximum Gasteiger partial charge on any atom is 0.309 e. The zero-order valence-electron chi connectivity index (χ0n) is 13.6. The van der Waals surface area contributed by atoms with Gasteiger partial charge in [0, 0.05) is 12.7 Å². The highest BCUT2D eigenvalue weighted by molar-refractivity contribution is 5.96. The number of carbonyl (C=O) groups is 2. The van der Waals surface area contributed by atoms with E-state index in [0.29, 0.717) is 5.69 Å². The normalized spacial score (nSPS) is 13.2. The van der Waals surface area contributed by atoms with E-state index < -0.39 is 0 Å². The van der Waals surface area contributed by atoms with Crippen molar-refractivity contribution in [1.82, 2.24) is 0 Å². The molecule has 3 rings (SSSR count). The molecule has 2 aromatic carbocycles. The first-order valence-corrected chi connectivity index (χ1v) is 7.99. The molecule has 1 fully saturated rings. The molecular formula is C19H20N2O3. The zero-order chi connectivity index (χ0) is 16.9. The van der Waals surface area contributed by atoms with Crippen molar-refractivity contribution in [1.29, 1.82) is 0 Å². The monoisotopic (exact) mass is 324 g/mol. The van der Waals surface area contributed by atoms with Gasteiger partial charge >= 0.3 is 5.97 Å². The molecule has 1 amide bonds. The highest BCUT2D eigenvalue weighted by atomic mass is 16.5. The maximum absolute atomic E-state index is 12.1. The number of amides is 1. The first kappa shape index (κ1) is 16.1. The van der Waals surface area contributed by atoms with E-state index in [1.165, 1.54) is 0 Å². The van der Waals surface area contributed by atoms with Crippen LogP contribution < -0.4 is 10.2 Å². The van der Waals surface area contributed by atoms with E-state index in [-0.39, 0.29) is 24.4 Å². The van der Waals surface area contributed by atoms with Crippen LogP contribution in [0, 0.1) is 5.92 Å². The van der Waals surface area contributed by atoms with Crippen molar-refractivity contribution in [3.05, 3.63) is 54.6 Å². The fourth-order valence-corrected chi connectivity index (χ4v) is 2.42. The molecule has 0 aliphatic heterocycles. The second-order valence-electron chi connectivity index (χ2n) is 5.84. The predicted molar refractivity (Wildman–Crippen MR) is 93.3 cm³/mol. The molecule has 1 aliphatic carbocycles. The minimum absolute atomic E-state index is 0.00528. The van der Waals surface area contributed by atoms with E-state index >= 15 is 0 Å². The van der Waals surface area contributed by atoms with Gasteiger partial charge in [0.1, 0.15) is 0 Å². The molecule has 0 spiro atoms. The van der Waals surface area contributed by atoms with Crippen LogP contribution in [0.2, 0.25) is 0 Å². The van der Waals surface area contributed by atoms with Crippen molar-refractivity contribution in [2.45, 2.75) is 12.8 Å². The number of nitrogens with one attached hydrogen (secondary N) is 1. The van der Waals surface area contributed by atoms with Crippen molar-refractivity contribution in [3.8, 4) is 0 Å². The second kappa shape index (κ2) is 7.17. The molecule has 0 radical (unpaired) electrons. The lowest BCUT2D eigenvalue weighted by atomic mass is 10.2. The Hall–Kier alpha value is -2.82. The summed E-state index contributed by atoms with van der Waals surface area (Å²) in [6, 6.07) is 17.4. The van der Waals surface area contributed by atoms with Crippen LogP contribution in [0.3, 0.4) is 0 Å². The van der Waals surface area contributed by atoms with E-state index in [1.807, 2.05) is 66.5 Å². The Balaban J connectivity index is 1.67. The summed E-state index contributed by atoms with van der Waals surface area (Å²) in [7, 11) is 1.94.